The van der Waals surface area contributed by atoms with Gasteiger partial charge in [-0.3, -0.25) is 0 Å². The lowest BCUT2D eigenvalue weighted by atomic mass is 9.97. The molecule has 0 unspecified atom stereocenters. The number of likely N-dealkylation sites (N-methyl/N-ethyl adjacent to an activating group) is 1. The van der Waals surface area contributed by atoms with E-state index in [0.29, 0.717) is 6.10 Å². The number of nitrogens with one attached hydrogen (secondary N) is 1. The Morgan fingerprint density at radius 2 is 1.84 bits per heavy atom. The van der Waals surface area contributed by atoms with Gasteiger partial charge in [-0.05, 0) is 71.9 Å². The molecule has 2 saturated heterocycles. The van der Waals surface area contributed by atoms with Gasteiger partial charge in [0.2, 0.25) is 0 Å². The second-order valence-corrected chi connectivity index (χ2v) is 6.33. The van der Waals surface area contributed by atoms with Crippen LogP contribution >= 0.6 is 0 Å². The highest BCUT2D eigenvalue weighted by atomic mass is 16.5. The van der Waals surface area contributed by atoms with E-state index < -0.39 is 0 Å². The molecular formula is C15H31N3O. The molecule has 0 spiro atoms. The molecule has 0 aromatic rings. The topological polar surface area (TPSA) is 27.7 Å². The second kappa shape index (κ2) is 8.20. The molecule has 0 aliphatic carbocycles. The molecule has 112 valence electrons. The summed E-state index contributed by atoms with van der Waals surface area (Å²) in [6.45, 7) is 7.99. The predicted octanol–water partition coefficient (Wildman–Crippen LogP) is 1.03. The summed E-state index contributed by atoms with van der Waals surface area (Å²) in [7, 11) is 4.47. The van der Waals surface area contributed by atoms with Gasteiger partial charge in [0, 0.05) is 13.1 Å². The summed E-state index contributed by atoms with van der Waals surface area (Å²) in [5, 5.41) is 3.38. The molecule has 19 heavy (non-hydrogen) atoms. The maximum atomic E-state index is 5.97. The Morgan fingerprint density at radius 3 is 2.53 bits per heavy atom. The third-order valence-corrected chi connectivity index (χ3v) is 4.52. The first-order valence-corrected chi connectivity index (χ1v) is 7.93. The minimum Gasteiger partial charge on any atom is -0.377 e. The third kappa shape index (κ3) is 5.78. The molecule has 0 aromatic carbocycles. The van der Waals surface area contributed by atoms with Crippen molar-refractivity contribution in [2.24, 2.45) is 5.92 Å². The third-order valence-electron chi connectivity index (χ3n) is 4.52. The summed E-state index contributed by atoms with van der Waals surface area (Å²) in [5.41, 5.74) is 0. The zero-order chi connectivity index (χ0) is 13.5. The predicted molar refractivity (Wildman–Crippen MR) is 79.6 cm³/mol. The van der Waals surface area contributed by atoms with Crippen LogP contribution in [0.15, 0.2) is 0 Å². The summed E-state index contributed by atoms with van der Waals surface area (Å²) in [4.78, 5) is 4.90. The van der Waals surface area contributed by atoms with Crippen molar-refractivity contribution in [1.29, 1.82) is 0 Å². The summed E-state index contributed by atoms with van der Waals surface area (Å²) in [5.74, 6) is 0.889. The normalized spacial score (nSPS) is 24.2. The Bertz CT molecular complexity index is 236. The van der Waals surface area contributed by atoms with Crippen LogP contribution in [0.1, 0.15) is 25.7 Å². The lowest BCUT2D eigenvalue weighted by Gasteiger charge is -2.32. The largest absolute Gasteiger partial charge is 0.377 e. The Balaban J connectivity index is 1.52. The molecule has 2 rings (SSSR count). The van der Waals surface area contributed by atoms with Gasteiger partial charge in [-0.1, -0.05) is 0 Å². The van der Waals surface area contributed by atoms with Crippen LogP contribution in [0.2, 0.25) is 0 Å². The number of likely N-dealkylation sites (tertiary alicyclic amines) is 1. The van der Waals surface area contributed by atoms with Crippen molar-refractivity contribution in [2.75, 3.05) is 60.0 Å². The van der Waals surface area contributed by atoms with Crippen molar-refractivity contribution in [1.82, 2.24) is 15.1 Å². The maximum Gasteiger partial charge on any atom is 0.0600 e. The van der Waals surface area contributed by atoms with Gasteiger partial charge in [-0.15, -0.1) is 0 Å². The van der Waals surface area contributed by atoms with E-state index in [9.17, 15) is 0 Å². The van der Waals surface area contributed by atoms with E-state index >= 15 is 0 Å². The van der Waals surface area contributed by atoms with E-state index in [1.165, 1.54) is 45.3 Å². The molecule has 4 heteroatoms. The first-order chi connectivity index (χ1) is 9.24. The highest BCUT2D eigenvalue weighted by molar-refractivity contribution is 4.73. The number of rotatable bonds is 6. The number of ether oxygens (including phenoxy) is 1. The Labute approximate surface area is 118 Å². The molecule has 0 bridgehead atoms. The van der Waals surface area contributed by atoms with E-state index in [1.54, 1.807) is 0 Å². The van der Waals surface area contributed by atoms with Gasteiger partial charge in [0.25, 0.3) is 0 Å². The fourth-order valence-corrected chi connectivity index (χ4v) is 3.11. The van der Waals surface area contributed by atoms with Crippen LogP contribution in [0.3, 0.4) is 0 Å². The van der Waals surface area contributed by atoms with Crippen LogP contribution in [0, 0.1) is 5.92 Å². The van der Waals surface area contributed by atoms with E-state index in [4.69, 9.17) is 4.74 Å². The Kier molecular flexibility index (Phi) is 6.57. The van der Waals surface area contributed by atoms with E-state index in [0.717, 1.165) is 32.2 Å². The Morgan fingerprint density at radius 1 is 1.16 bits per heavy atom. The number of nitrogens with zero attached hydrogens (tertiary/aromatic N) is 2. The van der Waals surface area contributed by atoms with Crippen LogP contribution in [-0.2, 0) is 4.74 Å². The summed E-state index contributed by atoms with van der Waals surface area (Å²) < 4.78 is 5.97. The van der Waals surface area contributed by atoms with Crippen molar-refractivity contribution < 1.29 is 4.74 Å². The summed E-state index contributed by atoms with van der Waals surface area (Å²) in [6, 6.07) is 0. The van der Waals surface area contributed by atoms with Gasteiger partial charge in [0.15, 0.2) is 0 Å². The van der Waals surface area contributed by atoms with Gasteiger partial charge < -0.3 is 19.9 Å². The van der Waals surface area contributed by atoms with Gasteiger partial charge in [-0.25, -0.2) is 0 Å². The van der Waals surface area contributed by atoms with Crippen LogP contribution in [0.5, 0.6) is 0 Å². The zero-order valence-corrected chi connectivity index (χ0v) is 12.7. The van der Waals surface area contributed by atoms with Gasteiger partial charge in [0.1, 0.15) is 0 Å². The van der Waals surface area contributed by atoms with E-state index in [1.807, 2.05) is 0 Å². The fraction of sp³-hybridized carbons (Fsp3) is 1.00. The van der Waals surface area contributed by atoms with Crippen LogP contribution in [-0.4, -0.2) is 75.9 Å². The van der Waals surface area contributed by atoms with Crippen molar-refractivity contribution in [2.45, 2.75) is 31.8 Å². The minimum atomic E-state index is 0.498. The highest BCUT2D eigenvalue weighted by Gasteiger charge is 2.18. The van der Waals surface area contributed by atoms with Gasteiger partial charge >= 0.3 is 0 Å². The van der Waals surface area contributed by atoms with Crippen LogP contribution < -0.4 is 5.32 Å². The quantitative estimate of drug-likeness (QED) is 0.779. The molecule has 0 aromatic heterocycles. The number of piperidine rings is 2. The maximum absolute atomic E-state index is 5.97. The minimum absolute atomic E-state index is 0.498. The molecule has 4 nitrogen and oxygen atoms in total. The molecule has 2 aliphatic rings. The molecule has 0 amide bonds. The lowest BCUT2D eigenvalue weighted by Crippen LogP contribution is -2.37. The SMILES string of the molecule is CN1CCC(CN(C)CCOC2CCNCC2)CC1. The molecule has 1 N–H and O–H groups in total. The average molecular weight is 269 g/mol. The van der Waals surface area contributed by atoms with Crippen molar-refractivity contribution in [3.63, 3.8) is 0 Å². The molecule has 2 fully saturated rings. The average Bonchev–Trinajstić information content (AvgIpc) is 2.43. The zero-order valence-electron chi connectivity index (χ0n) is 12.7. The van der Waals surface area contributed by atoms with Crippen LogP contribution in [0.25, 0.3) is 0 Å². The molecule has 2 aliphatic heterocycles. The fourth-order valence-electron chi connectivity index (χ4n) is 3.11. The van der Waals surface area contributed by atoms with Gasteiger partial charge in [0.05, 0.1) is 12.7 Å². The lowest BCUT2D eigenvalue weighted by molar-refractivity contribution is 0.0205. The van der Waals surface area contributed by atoms with E-state index in [2.05, 4.69) is 29.2 Å². The first-order valence-electron chi connectivity index (χ1n) is 7.93. The monoisotopic (exact) mass is 269 g/mol. The molecule has 0 saturated carbocycles. The number of hydrogen-bond acceptors (Lipinski definition) is 4. The molecule has 2 heterocycles. The number of hydrogen-bond donors (Lipinski definition) is 1. The Hall–Kier alpha value is -0.160. The van der Waals surface area contributed by atoms with E-state index in [-0.39, 0.29) is 0 Å². The summed E-state index contributed by atoms with van der Waals surface area (Å²) in [6.07, 6.45) is 5.57. The van der Waals surface area contributed by atoms with Gasteiger partial charge in [-0.2, -0.15) is 0 Å². The van der Waals surface area contributed by atoms with Crippen molar-refractivity contribution in [3.8, 4) is 0 Å². The highest BCUT2D eigenvalue weighted by Crippen LogP contribution is 2.16. The standard InChI is InChI=1S/C15H31N3O/c1-17-9-5-14(6-10-17)13-18(2)11-12-19-15-3-7-16-8-4-15/h14-16H,3-13H2,1-2H3. The smallest absolute Gasteiger partial charge is 0.0600 e. The van der Waals surface area contributed by atoms with Crippen molar-refractivity contribution in [3.05, 3.63) is 0 Å². The second-order valence-electron chi connectivity index (χ2n) is 6.33. The van der Waals surface area contributed by atoms with Crippen LogP contribution in [0.4, 0.5) is 0 Å². The molecular weight excluding hydrogens is 238 g/mol. The van der Waals surface area contributed by atoms with Crippen molar-refractivity contribution >= 4 is 0 Å². The molecule has 0 atom stereocenters. The first kappa shape index (κ1) is 15.2. The molecule has 0 radical (unpaired) electrons. The summed E-state index contributed by atoms with van der Waals surface area (Å²) >= 11 is 0.